The highest BCUT2D eigenvalue weighted by atomic mass is 16.4. The van der Waals surface area contributed by atoms with Crippen LogP contribution < -0.4 is 0 Å². The molecule has 0 N–H and O–H groups in total. The molecule has 4 nitrogen and oxygen atoms in total. The van der Waals surface area contributed by atoms with Crippen LogP contribution in [0.3, 0.4) is 0 Å². The van der Waals surface area contributed by atoms with Gasteiger partial charge in [-0.1, -0.05) is 48.5 Å². The van der Waals surface area contributed by atoms with E-state index in [1.165, 1.54) is 0 Å². The van der Waals surface area contributed by atoms with Crippen LogP contribution in [0, 0.1) is 13.8 Å². The number of hydrogen-bond donors (Lipinski definition) is 0. The zero-order valence-corrected chi connectivity index (χ0v) is 16.8. The van der Waals surface area contributed by atoms with Gasteiger partial charge in [0.25, 0.3) is 0 Å². The van der Waals surface area contributed by atoms with Crippen molar-refractivity contribution in [2.45, 2.75) is 13.8 Å². The molecule has 0 saturated heterocycles. The molecule has 5 aromatic rings. The van der Waals surface area contributed by atoms with Gasteiger partial charge in [0.05, 0.1) is 12.4 Å². The number of oxazole rings is 2. The Hall–Kier alpha value is -3.92. The lowest BCUT2D eigenvalue weighted by atomic mass is 10.1. The molecule has 0 unspecified atom stereocenters. The van der Waals surface area contributed by atoms with Crippen LogP contribution in [0.5, 0.6) is 0 Å². The molecular weight excluding hydrogens is 372 g/mol. The van der Waals surface area contributed by atoms with E-state index in [2.05, 4.69) is 35.9 Å². The lowest BCUT2D eigenvalue weighted by Crippen LogP contribution is -1.80. The van der Waals surface area contributed by atoms with E-state index in [1.807, 2.05) is 60.7 Å². The van der Waals surface area contributed by atoms with Crippen molar-refractivity contribution in [2.24, 2.45) is 0 Å². The topological polar surface area (TPSA) is 52.1 Å². The first-order valence-corrected chi connectivity index (χ1v) is 9.83. The van der Waals surface area contributed by atoms with Crippen LogP contribution in [0.4, 0.5) is 0 Å². The molecule has 0 saturated carbocycles. The number of rotatable bonds is 4. The first-order chi connectivity index (χ1) is 14.7. The monoisotopic (exact) mass is 392 g/mol. The lowest BCUT2D eigenvalue weighted by molar-refractivity contribution is 0.586. The minimum atomic E-state index is 0.591. The van der Waals surface area contributed by atoms with E-state index in [9.17, 15) is 0 Å². The van der Waals surface area contributed by atoms with Gasteiger partial charge in [-0.25, -0.2) is 9.97 Å². The third-order valence-electron chi connectivity index (χ3n) is 5.21. The Morgan fingerprint density at radius 1 is 0.533 bits per heavy atom. The van der Waals surface area contributed by atoms with Gasteiger partial charge in [0, 0.05) is 22.3 Å². The minimum Gasteiger partial charge on any atom is -0.436 e. The number of aromatic nitrogens is 2. The minimum absolute atomic E-state index is 0.591. The zero-order valence-electron chi connectivity index (χ0n) is 16.8. The number of benzene rings is 3. The van der Waals surface area contributed by atoms with E-state index in [1.54, 1.807) is 12.4 Å². The van der Waals surface area contributed by atoms with Gasteiger partial charge in [-0.05, 0) is 49.2 Å². The van der Waals surface area contributed by atoms with E-state index < -0.39 is 0 Å². The zero-order chi connectivity index (χ0) is 20.5. The van der Waals surface area contributed by atoms with E-state index >= 15 is 0 Å². The molecule has 0 radical (unpaired) electrons. The van der Waals surface area contributed by atoms with Gasteiger partial charge in [-0.15, -0.1) is 0 Å². The quantitative estimate of drug-likeness (QED) is 0.332. The first-order valence-electron chi connectivity index (χ1n) is 9.83. The molecule has 2 aromatic heterocycles. The molecule has 146 valence electrons. The molecule has 5 rings (SSSR count). The van der Waals surface area contributed by atoms with E-state index in [0.717, 1.165) is 44.9 Å². The summed E-state index contributed by atoms with van der Waals surface area (Å²) >= 11 is 0. The molecule has 0 fully saturated rings. The van der Waals surface area contributed by atoms with Crippen molar-refractivity contribution >= 4 is 0 Å². The normalized spacial score (nSPS) is 11.0. The molecule has 30 heavy (non-hydrogen) atoms. The van der Waals surface area contributed by atoms with Crippen molar-refractivity contribution in [3.8, 4) is 45.6 Å². The summed E-state index contributed by atoms with van der Waals surface area (Å²) in [5, 5.41) is 0. The van der Waals surface area contributed by atoms with Crippen LogP contribution in [0.2, 0.25) is 0 Å². The number of nitrogens with zero attached hydrogens (tertiary/aromatic N) is 2. The maximum absolute atomic E-state index is 6.01. The average molecular weight is 392 g/mol. The largest absolute Gasteiger partial charge is 0.436 e. The maximum Gasteiger partial charge on any atom is 0.226 e. The van der Waals surface area contributed by atoms with Gasteiger partial charge in [-0.2, -0.15) is 0 Å². The van der Waals surface area contributed by atoms with Gasteiger partial charge < -0.3 is 8.83 Å². The highest BCUT2D eigenvalue weighted by Crippen LogP contribution is 2.31. The summed E-state index contributed by atoms with van der Waals surface area (Å²) in [6, 6.07) is 24.1. The summed E-state index contributed by atoms with van der Waals surface area (Å²) in [5.74, 6) is 2.71. The summed E-state index contributed by atoms with van der Waals surface area (Å²) in [6.07, 6.45) is 3.54. The maximum atomic E-state index is 6.01. The Bertz CT molecular complexity index is 1210. The fraction of sp³-hybridized carbons (Fsp3) is 0.0769. The molecule has 4 heteroatoms. The summed E-state index contributed by atoms with van der Waals surface area (Å²) in [5.41, 5.74) is 6.23. The van der Waals surface area contributed by atoms with Gasteiger partial charge >= 0.3 is 0 Å². The van der Waals surface area contributed by atoms with Gasteiger partial charge in [0.1, 0.15) is 0 Å². The highest BCUT2D eigenvalue weighted by Gasteiger charge is 2.13. The summed E-state index contributed by atoms with van der Waals surface area (Å²) in [7, 11) is 0. The third-order valence-corrected chi connectivity index (χ3v) is 5.21. The molecule has 0 atom stereocenters. The van der Waals surface area contributed by atoms with E-state index in [-0.39, 0.29) is 0 Å². The molecule has 0 amide bonds. The SMILES string of the molecule is Cc1ccccc1-c1cnc(-c2ccc(-c3ncc(-c4ccccc4C)o3)cc2)o1. The van der Waals surface area contributed by atoms with Crippen molar-refractivity contribution in [1.29, 1.82) is 0 Å². The fourth-order valence-electron chi connectivity index (χ4n) is 3.52. The number of aryl methyl sites for hydroxylation is 2. The second-order valence-electron chi connectivity index (χ2n) is 7.27. The van der Waals surface area contributed by atoms with Crippen LogP contribution in [0.25, 0.3) is 45.6 Å². The predicted octanol–water partition coefficient (Wildman–Crippen LogP) is 6.95. The molecular formula is C26H20N2O2. The van der Waals surface area contributed by atoms with Crippen LogP contribution in [-0.2, 0) is 0 Å². The van der Waals surface area contributed by atoms with Crippen LogP contribution in [0.1, 0.15) is 11.1 Å². The van der Waals surface area contributed by atoms with Crippen LogP contribution in [0.15, 0.2) is 94.0 Å². The Kier molecular flexibility index (Phi) is 4.52. The Labute approximate surface area is 174 Å². The third kappa shape index (κ3) is 3.33. The molecule has 0 aliphatic rings. The smallest absolute Gasteiger partial charge is 0.226 e. The van der Waals surface area contributed by atoms with Gasteiger partial charge in [0.15, 0.2) is 11.5 Å². The second kappa shape index (κ2) is 7.48. The van der Waals surface area contributed by atoms with Crippen LogP contribution >= 0.6 is 0 Å². The standard InChI is InChI=1S/C26H20N2O2/c1-17-7-3-5-9-21(17)23-15-27-25(29-23)19-11-13-20(14-12-19)26-28-16-24(30-26)22-10-6-4-8-18(22)2/h3-16H,1-2H3. The molecule has 0 aliphatic heterocycles. The van der Waals surface area contributed by atoms with Crippen molar-refractivity contribution in [1.82, 2.24) is 9.97 Å². The average Bonchev–Trinajstić information content (AvgIpc) is 3.45. The van der Waals surface area contributed by atoms with Crippen molar-refractivity contribution in [2.75, 3.05) is 0 Å². The molecule has 3 aromatic carbocycles. The van der Waals surface area contributed by atoms with Gasteiger partial charge in [0.2, 0.25) is 11.8 Å². The highest BCUT2D eigenvalue weighted by molar-refractivity contribution is 5.67. The van der Waals surface area contributed by atoms with Crippen molar-refractivity contribution in [3.63, 3.8) is 0 Å². The Morgan fingerprint density at radius 3 is 1.33 bits per heavy atom. The fourth-order valence-corrected chi connectivity index (χ4v) is 3.52. The Balaban J connectivity index is 1.41. The van der Waals surface area contributed by atoms with Crippen LogP contribution in [-0.4, -0.2) is 9.97 Å². The first kappa shape index (κ1) is 18.1. The summed E-state index contributed by atoms with van der Waals surface area (Å²) in [4.78, 5) is 8.91. The van der Waals surface area contributed by atoms with E-state index in [4.69, 9.17) is 8.83 Å². The van der Waals surface area contributed by atoms with Crippen molar-refractivity contribution < 1.29 is 8.83 Å². The van der Waals surface area contributed by atoms with E-state index in [0.29, 0.717) is 11.8 Å². The Morgan fingerprint density at radius 2 is 0.933 bits per heavy atom. The summed E-state index contributed by atoms with van der Waals surface area (Å²) in [6.45, 7) is 4.13. The summed E-state index contributed by atoms with van der Waals surface area (Å²) < 4.78 is 12.0. The molecule has 0 spiro atoms. The second-order valence-corrected chi connectivity index (χ2v) is 7.27. The molecule has 2 heterocycles. The number of hydrogen-bond acceptors (Lipinski definition) is 4. The van der Waals surface area contributed by atoms with Crippen molar-refractivity contribution in [3.05, 3.63) is 96.3 Å². The molecule has 0 aliphatic carbocycles. The predicted molar refractivity (Wildman–Crippen MR) is 118 cm³/mol. The van der Waals surface area contributed by atoms with Gasteiger partial charge in [-0.3, -0.25) is 0 Å². The molecule has 0 bridgehead atoms. The lowest BCUT2D eigenvalue weighted by Gasteiger charge is -2.02.